The molecule has 0 saturated carbocycles. The standard InChI is InChI=1S/C10H8F3N3O/c11-10(12,13)17-8-3-1-7(2-4-8)16-5-9(14)15-6-16/h1-6H,14H2. The maximum atomic E-state index is 11.9. The van der Waals surface area contributed by atoms with Crippen LogP contribution in [-0.2, 0) is 0 Å². The van der Waals surface area contributed by atoms with Crippen molar-refractivity contribution in [2.75, 3.05) is 5.73 Å². The highest BCUT2D eigenvalue weighted by molar-refractivity contribution is 5.39. The number of anilines is 1. The molecule has 0 unspecified atom stereocenters. The number of benzene rings is 1. The van der Waals surface area contributed by atoms with Crippen molar-refractivity contribution in [2.24, 2.45) is 0 Å². The highest BCUT2D eigenvalue weighted by Gasteiger charge is 2.30. The van der Waals surface area contributed by atoms with Crippen molar-refractivity contribution in [3.63, 3.8) is 0 Å². The van der Waals surface area contributed by atoms with E-state index in [1.165, 1.54) is 30.6 Å². The van der Waals surface area contributed by atoms with Crippen molar-refractivity contribution < 1.29 is 17.9 Å². The SMILES string of the molecule is Nc1cn(-c2ccc(OC(F)(F)F)cc2)cn1. The normalized spacial score (nSPS) is 11.5. The Morgan fingerprint density at radius 1 is 1.18 bits per heavy atom. The van der Waals surface area contributed by atoms with E-state index in [-0.39, 0.29) is 5.75 Å². The Morgan fingerprint density at radius 3 is 2.29 bits per heavy atom. The van der Waals surface area contributed by atoms with E-state index in [4.69, 9.17) is 5.73 Å². The number of hydrogen-bond donors (Lipinski definition) is 1. The van der Waals surface area contributed by atoms with E-state index in [0.29, 0.717) is 11.5 Å². The van der Waals surface area contributed by atoms with Gasteiger partial charge in [-0.2, -0.15) is 0 Å². The first-order valence-corrected chi connectivity index (χ1v) is 4.60. The fourth-order valence-corrected chi connectivity index (χ4v) is 1.30. The summed E-state index contributed by atoms with van der Waals surface area (Å²) in [4.78, 5) is 3.80. The number of nitrogens with two attached hydrogens (primary N) is 1. The predicted molar refractivity (Wildman–Crippen MR) is 54.7 cm³/mol. The van der Waals surface area contributed by atoms with Gasteiger partial charge in [0.2, 0.25) is 0 Å². The fourth-order valence-electron chi connectivity index (χ4n) is 1.30. The van der Waals surface area contributed by atoms with Crippen LogP contribution in [0.15, 0.2) is 36.8 Å². The second-order valence-electron chi connectivity index (χ2n) is 3.25. The summed E-state index contributed by atoms with van der Waals surface area (Å²) < 4.78 is 41.1. The van der Waals surface area contributed by atoms with Crippen LogP contribution in [0, 0.1) is 0 Å². The number of hydrogen-bond acceptors (Lipinski definition) is 3. The summed E-state index contributed by atoms with van der Waals surface area (Å²) in [5.74, 6) is 0.0648. The zero-order valence-electron chi connectivity index (χ0n) is 8.48. The van der Waals surface area contributed by atoms with Gasteiger partial charge in [0.25, 0.3) is 0 Å². The molecule has 2 N–H and O–H groups in total. The molecular weight excluding hydrogens is 235 g/mol. The van der Waals surface area contributed by atoms with Gasteiger partial charge < -0.3 is 15.0 Å². The van der Waals surface area contributed by atoms with E-state index in [1.807, 2.05) is 0 Å². The Kier molecular flexibility index (Phi) is 2.66. The zero-order chi connectivity index (χ0) is 12.5. The van der Waals surface area contributed by atoms with Gasteiger partial charge in [-0.05, 0) is 24.3 Å². The average molecular weight is 243 g/mol. The molecule has 0 aliphatic carbocycles. The first kappa shape index (κ1) is 11.3. The predicted octanol–water partition coefficient (Wildman–Crippen LogP) is 2.35. The molecule has 0 radical (unpaired) electrons. The number of nitrogens with zero attached hydrogens (tertiary/aromatic N) is 2. The molecule has 0 spiro atoms. The minimum atomic E-state index is -4.68. The highest BCUT2D eigenvalue weighted by atomic mass is 19.4. The lowest BCUT2D eigenvalue weighted by molar-refractivity contribution is -0.274. The maximum absolute atomic E-state index is 11.9. The lowest BCUT2D eigenvalue weighted by Crippen LogP contribution is -2.17. The Hall–Kier alpha value is -2.18. The molecule has 1 heterocycles. The second-order valence-corrected chi connectivity index (χ2v) is 3.25. The van der Waals surface area contributed by atoms with E-state index >= 15 is 0 Å². The van der Waals surface area contributed by atoms with E-state index in [0.717, 1.165) is 0 Å². The largest absolute Gasteiger partial charge is 0.573 e. The average Bonchev–Trinajstić information content (AvgIpc) is 2.63. The van der Waals surface area contributed by atoms with Crippen LogP contribution in [0.5, 0.6) is 5.75 Å². The first-order chi connectivity index (χ1) is 7.94. The van der Waals surface area contributed by atoms with Gasteiger partial charge in [0.05, 0.1) is 6.20 Å². The van der Waals surface area contributed by atoms with Crippen molar-refractivity contribution in [3.8, 4) is 11.4 Å². The number of halogens is 3. The molecule has 2 aromatic rings. The summed E-state index contributed by atoms with van der Waals surface area (Å²) >= 11 is 0. The summed E-state index contributed by atoms with van der Waals surface area (Å²) in [7, 11) is 0. The second kappa shape index (κ2) is 4.00. The molecule has 0 atom stereocenters. The van der Waals surface area contributed by atoms with Gasteiger partial charge in [0.1, 0.15) is 17.9 Å². The molecule has 2 rings (SSSR count). The van der Waals surface area contributed by atoms with Crippen LogP contribution < -0.4 is 10.5 Å². The van der Waals surface area contributed by atoms with Gasteiger partial charge in [-0.25, -0.2) is 4.98 Å². The summed E-state index contributed by atoms with van der Waals surface area (Å²) in [5.41, 5.74) is 6.07. The first-order valence-electron chi connectivity index (χ1n) is 4.60. The molecule has 0 aliphatic heterocycles. The molecule has 17 heavy (non-hydrogen) atoms. The maximum Gasteiger partial charge on any atom is 0.573 e. The van der Waals surface area contributed by atoms with E-state index in [1.54, 1.807) is 10.8 Å². The van der Waals surface area contributed by atoms with Crippen LogP contribution in [0.25, 0.3) is 5.69 Å². The molecule has 0 fully saturated rings. The van der Waals surface area contributed by atoms with Crippen LogP contribution in [0.4, 0.5) is 19.0 Å². The van der Waals surface area contributed by atoms with Crippen molar-refractivity contribution in [1.29, 1.82) is 0 Å². The number of aromatic nitrogens is 2. The van der Waals surface area contributed by atoms with Crippen LogP contribution in [-0.4, -0.2) is 15.9 Å². The Morgan fingerprint density at radius 2 is 1.82 bits per heavy atom. The number of alkyl halides is 3. The Balaban J connectivity index is 2.19. The quantitative estimate of drug-likeness (QED) is 0.880. The molecule has 1 aromatic heterocycles. The zero-order valence-corrected chi connectivity index (χ0v) is 8.48. The fraction of sp³-hybridized carbons (Fsp3) is 0.100. The molecule has 7 heteroatoms. The molecule has 0 bridgehead atoms. The lowest BCUT2D eigenvalue weighted by Gasteiger charge is -2.09. The Bertz CT molecular complexity index is 504. The van der Waals surface area contributed by atoms with Crippen molar-refractivity contribution in [2.45, 2.75) is 6.36 Å². The van der Waals surface area contributed by atoms with Crippen LogP contribution >= 0.6 is 0 Å². The van der Waals surface area contributed by atoms with E-state index < -0.39 is 6.36 Å². The lowest BCUT2D eigenvalue weighted by atomic mass is 10.3. The highest BCUT2D eigenvalue weighted by Crippen LogP contribution is 2.23. The van der Waals surface area contributed by atoms with Gasteiger partial charge in [0.15, 0.2) is 0 Å². The minimum absolute atomic E-state index is 0.269. The molecule has 4 nitrogen and oxygen atoms in total. The van der Waals surface area contributed by atoms with E-state index in [2.05, 4.69) is 9.72 Å². The van der Waals surface area contributed by atoms with Crippen molar-refractivity contribution in [1.82, 2.24) is 9.55 Å². The molecule has 1 aromatic carbocycles. The van der Waals surface area contributed by atoms with Gasteiger partial charge in [-0.1, -0.05) is 0 Å². The summed E-state index contributed by atoms with van der Waals surface area (Å²) in [6.45, 7) is 0. The van der Waals surface area contributed by atoms with Crippen LogP contribution in [0.3, 0.4) is 0 Å². The third-order valence-electron chi connectivity index (χ3n) is 1.97. The van der Waals surface area contributed by atoms with Gasteiger partial charge in [-0.15, -0.1) is 13.2 Å². The minimum Gasteiger partial charge on any atom is -0.406 e. The molecule has 0 saturated heterocycles. The Labute approximate surface area is 94.4 Å². The van der Waals surface area contributed by atoms with Gasteiger partial charge >= 0.3 is 6.36 Å². The number of ether oxygens (including phenoxy) is 1. The summed E-state index contributed by atoms with van der Waals surface area (Å²) in [6, 6.07) is 5.39. The molecular formula is C10H8F3N3O. The van der Waals surface area contributed by atoms with Gasteiger partial charge in [0, 0.05) is 5.69 Å². The molecule has 0 amide bonds. The van der Waals surface area contributed by atoms with E-state index in [9.17, 15) is 13.2 Å². The third kappa shape index (κ3) is 2.90. The van der Waals surface area contributed by atoms with Gasteiger partial charge in [-0.3, -0.25) is 0 Å². The van der Waals surface area contributed by atoms with Crippen LogP contribution in [0.1, 0.15) is 0 Å². The molecule has 90 valence electrons. The molecule has 0 aliphatic rings. The summed E-state index contributed by atoms with van der Waals surface area (Å²) in [6.07, 6.45) is -1.66. The number of rotatable bonds is 2. The number of imidazole rings is 1. The van der Waals surface area contributed by atoms with Crippen molar-refractivity contribution in [3.05, 3.63) is 36.8 Å². The third-order valence-corrected chi connectivity index (χ3v) is 1.97. The topological polar surface area (TPSA) is 53.1 Å². The smallest absolute Gasteiger partial charge is 0.406 e. The monoisotopic (exact) mass is 243 g/mol. The van der Waals surface area contributed by atoms with Crippen LogP contribution in [0.2, 0.25) is 0 Å². The summed E-state index contributed by atoms with van der Waals surface area (Å²) in [5, 5.41) is 0. The van der Waals surface area contributed by atoms with Crippen molar-refractivity contribution >= 4 is 5.82 Å². The number of nitrogen functional groups attached to an aromatic ring is 1.